The van der Waals surface area contributed by atoms with Crippen LogP contribution in [0.3, 0.4) is 0 Å². The van der Waals surface area contributed by atoms with Crippen molar-refractivity contribution in [3.63, 3.8) is 0 Å². The second kappa shape index (κ2) is 4.43. The van der Waals surface area contributed by atoms with E-state index in [1.807, 2.05) is 31.2 Å². The lowest BCUT2D eigenvalue weighted by molar-refractivity contribution is -0.116. The Hall–Kier alpha value is -2.29. The summed E-state index contributed by atoms with van der Waals surface area (Å²) in [4.78, 5) is 11.4. The van der Waals surface area contributed by atoms with Crippen molar-refractivity contribution in [2.24, 2.45) is 0 Å². The van der Waals surface area contributed by atoms with E-state index in [2.05, 4.69) is 11.4 Å². The Kier molecular flexibility index (Phi) is 2.75. The van der Waals surface area contributed by atoms with Crippen molar-refractivity contribution in [2.75, 3.05) is 5.32 Å². The van der Waals surface area contributed by atoms with Gasteiger partial charge in [-0.2, -0.15) is 0 Å². The van der Waals surface area contributed by atoms with Gasteiger partial charge in [0.1, 0.15) is 5.75 Å². The second-order valence-electron chi connectivity index (χ2n) is 4.88. The van der Waals surface area contributed by atoms with Gasteiger partial charge in [-0.1, -0.05) is 18.2 Å². The molecule has 3 heteroatoms. The van der Waals surface area contributed by atoms with E-state index in [1.165, 1.54) is 5.56 Å². The van der Waals surface area contributed by atoms with Crippen LogP contribution < -0.4 is 5.32 Å². The number of carbonyl (C=O) groups is 1. The molecular weight excluding hydrogens is 238 g/mol. The highest BCUT2D eigenvalue weighted by atomic mass is 16.3. The Morgan fingerprint density at radius 3 is 2.79 bits per heavy atom. The van der Waals surface area contributed by atoms with E-state index >= 15 is 0 Å². The van der Waals surface area contributed by atoms with Crippen molar-refractivity contribution in [2.45, 2.75) is 19.8 Å². The third-order valence-corrected chi connectivity index (χ3v) is 3.56. The fourth-order valence-corrected chi connectivity index (χ4v) is 2.52. The molecule has 0 saturated carbocycles. The van der Waals surface area contributed by atoms with Crippen molar-refractivity contribution in [3.8, 4) is 16.9 Å². The van der Waals surface area contributed by atoms with Crippen molar-refractivity contribution in [1.29, 1.82) is 0 Å². The molecule has 2 aromatic carbocycles. The first-order valence-corrected chi connectivity index (χ1v) is 6.37. The number of phenolic OH excluding ortho intramolecular Hbond substituents is 1. The van der Waals surface area contributed by atoms with Crippen LogP contribution in [0.5, 0.6) is 5.75 Å². The van der Waals surface area contributed by atoms with Crippen LogP contribution in [0.4, 0.5) is 5.69 Å². The highest BCUT2D eigenvalue weighted by molar-refractivity contribution is 5.95. The number of aryl methyl sites for hydroxylation is 1. The van der Waals surface area contributed by atoms with Crippen molar-refractivity contribution in [1.82, 2.24) is 0 Å². The van der Waals surface area contributed by atoms with Gasteiger partial charge in [-0.3, -0.25) is 4.79 Å². The van der Waals surface area contributed by atoms with E-state index in [9.17, 15) is 9.90 Å². The molecule has 2 N–H and O–H groups in total. The summed E-state index contributed by atoms with van der Waals surface area (Å²) in [6.07, 6.45) is 1.29. The number of amides is 1. The first kappa shape index (κ1) is 11.8. The number of nitrogens with one attached hydrogen (secondary N) is 1. The number of anilines is 1. The predicted molar refractivity (Wildman–Crippen MR) is 75.2 cm³/mol. The Morgan fingerprint density at radius 1 is 1.16 bits per heavy atom. The van der Waals surface area contributed by atoms with Crippen LogP contribution >= 0.6 is 0 Å². The molecule has 3 nitrogen and oxygen atoms in total. The topological polar surface area (TPSA) is 49.3 Å². The maximum Gasteiger partial charge on any atom is 0.224 e. The summed E-state index contributed by atoms with van der Waals surface area (Å²) in [6, 6.07) is 11.5. The average molecular weight is 253 g/mol. The van der Waals surface area contributed by atoms with Gasteiger partial charge < -0.3 is 10.4 Å². The van der Waals surface area contributed by atoms with Crippen molar-refractivity contribution < 1.29 is 9.90 Å². The smallest absolute Gasteiger partial charge is 0.224 e. The zero-order valence-corrected chi connectivity index (χ0v) is 10.7. The van der Waals surface area contributed by atoms with Gasteiger partial charge >= 0.3 is 0 Å². The van der Waals surface area contributed by atoms with Gasteiger partial charge in [0.05, 0.1) is 0 Å². The first-order valence-electron chi connectivity index (χ1n) is 6.37. The quantitative estimate of drug-likeness (QED) is 0.819. The standard InChI is InChI=1S/C16H15NO2/c1-10-9-11(5-7-15(10)18)12-3-2-4-14-13(12)6-8-16(19)17-14/h2-5,7,9,18H,6,8H2,1H3,(H,17,19). The largest absolute Gasteiger partial charge is 0.508 e. The first-order chi connectivity index (χ1) is 9.15. The molecule has 2 aromatic rings. The zero-order valence-electron chi connectivity index (χ0n) is 10.7. The summed E-state index contributed by atoms with van der Waals surface area (Å²) < 4.78 is 0. The number of hydrogen-bond acceptors (Lipinski definition) is 2. The van der Waals surface area contributed by atoms with Gasteiger partial charge in [0, 0.05) is 12.1 Å². The summed E-state index contributed by atoms with van der Waals surface area (Å²) in [5.74, 6) is 0.383. The number of carbonyl (C=O) groups excluding carboxylic acids is 1. The number of phenols is 1. The van der Waals surface area contributed by atoms with E-state index in [0.717, 1.165) is 28.8 Å². The molecule has 0 atom stereocenters. The molecule has 1 aliphatic heterocycles. The zero-order chi connectivity index (χ0) is 13.4. The van der Waals surface area contributed by atoms with Crippen LogP contribution in [-0.2, 0) is 11.2 Å². The Bertz CT molecular complexity index is 662. The van der Waals surface area contributed by atoms with Gasteiger partial charge in [-0.15, -0.1) is 0 Å². The van der Waals surface area contributed by atoms with Crippen molar-refractivity contribution >= 4 is 11.6 Å². The molecule has 1 amide bonds. The summed E-state index contributed by atoms with van der Waals surface area (Å²) in [6.45, 7) is 1.88. The van der Waals surface area contributed by atoms with Gasteiger partial charge in [0.25, 0.3) is 0 Å². The SMILES string of the molecule is Cc1cc(-c2cccc3c2CCC(=O)N3)ccc1O. The van der Waals surface area contributed by atoms with Gasteiger partial charge in [-0.25, -0.2) is 0 Å². The van der Waals surface area contributed by atoms with Crippen LogP contribution in [0.15, 0.2) is 36.4 Å². The molecule has 0 saturated heterocycles. The highest BCUT2D eigenvalue weighted by Crippen LogP contribution is 2.34. The van der Waals surface area contributed by atoms with Crippen LogP contribution in [0, 0.1) is 6.92 Å². The minimum absolute atomic E-state index is 0.0755. The number of aromatic hydroxyl groups is 1. The van der Waals surface area contributed by atoms with Gasteiger partial charge in [0.2, 0.25) is 5.91 Å². The lowest BCUT2D eigenvalue weighted by Crippen LogP contribution is -2.19. The monoisotopic (exact) mass is 253 g/mol. The minimum atomic E-state index is 0.0755. The van der Waals surface area contributed by atoms with Crippen LogP contribution in [0.25, 0.3) is 11.1 Å². The van der Waals surface area contributed by atoms with Crippen LogP contribution in [0.2, 0.25) is 0 Å². The molecule has 3 rings (SSSR count). The fraction of sp³-hybridized carbons (Fsp3) is 0.188. The number of rotatable bonds is 1. The maximum atomic E-state index is 11.4. The molecule has 19 heavy (non-hydrogen) atoms. The van der Waals surface area contributed by atoms with E-state index in [0.29, 0.717) is 12.2 Å². The molecule has 0 aromatic heterocycles. The summed E-state index contributed by atoms with van der Waals surface area (Å²) in [5.41, 5.74) is 5.13. The van der Waals surface area contributed by atoms with Gasteiger partial charge in [0.15, 0.2) is 0 Å². The molecule has 0 spiro atoms. The average Bonchev–Trinajstić information content (AvgIpc) is 2.41. The molecule has 0 fully saturated rings. The maximum absolute atomic E-state index is 11.4. The molecule has 0 aliphatic carbocycles. The fourth-order valence-electron chi connectivity index (χ4n) is 2.52. The third-order valence-electron chi connectivity index (χ3n) is 3.56. The van der Waals surface area contributed by atoms with Crippen LogP contribution in [-0.4, -0.2) is 11.0 Å². The molecule has 0 radical (unpaired) electrons. The normalized spacial score (nSPS) is 13.8. The van der Waals surface area contributed by atoms with E-state index in [4.69, 9.17) is 0 Å². The lowest BCUT2D eigenvalue weighted by Gasteiger charge is -2.20. The number of hydrogen-bond donors (Lipinski definition) is 2. The van der Waals surface area contributed by atoms with Crippen LogP contribution in [0.1, 0.15) is 17.5 Å². The van der Waals surface area contributed by atoms with E-state index in [-0.39, 0.29) is 5.91 Å². The molecule has 96 valence electrons. The summed E-state index contributed by atoms with van der Waals surface area (Å²) in [7, 11) is 0. The molecule has 1 aliphatic rings. The highest BCUT2D eigenvalue weighted by Gasteiger charge is 2.18. The summed E-state index contributed by atoms with van der Waals surface area (Å²) >= 11 is 0. The van der Waals surface area contributed by atoms with Crippen molar-refractivity contribution in [3.05, 3.63) is 47.5 Å². The molecule has 0 bridgehead atoms. The van der Waals surface area contributed by atoms with E-state index in [1.54, 1.807) is 6.07 Å². The predicted octanol–water partition coefficient (Wildman–Crippen LogP) is 3.25. The van der Waals surface area contributed by atoms with E-state index < -0.39 is 0 Å². The Balaban J connectivity index is 2.13. The molecular formula is C16H15NO2. The Morgan fingerprint density at radius 2 is 2.00 bits per heavy atom. The minimum Gasteiger partial charge on any atom is -0.508 e. The lowest BCUT2D eigenvalue weighted by atomic mass is 9.92. The third kappa shape index (κ3) is 2.08. The number of benzene rings is 2. The number of fused-ring (bicyclic) bond motifs is 1. The second-order valence-corrected chi connectivity index (χ2v) is 4.88. The Labute approximate surface area is 111 Å². The van der Waals surface area contributed by atoms with Gasteiger partial charge in [-0.05, 0) is 53.8 Å². The summed E-state index contributed by atoms with van der Waals surface area (Å²) in [5, 5.41) is 12.5. The molecule has 1 heterocycles. The molecule has 0 unspecified atom stereocenters.